The van der Waals surface area contributed by atoms with Crippen molar-refractivity contribution in [2.24, 2.45) is 0 Å². The normalized spacial score (nSPS) is 16.1. The van der Waals surface area contributed by atoms with E-state index in [0.29, 0.717) is 5.02 Å². The Morgan fingerprint density at radius 2 is 1.88 bits per heavy atom. The van der Waals surface area contributed by atoms with E-state index in [1.807, 2.05) is 32.0 Å². The molecular weight excluding hydrogens is 373 g/mol. The van der Waals surface area contributed by atoms with E-state index >= 15 is 0 Å². The molecule has 0 bridgehead atoms. The summed E-state index contributed by atoms with van der Waals surface area (Å²) in [5.41, 5.74) is 4.51. The largest absolute Gasteiger partial charge is 0.486 e. The summed E-state index contributed by atoms with van der Waals surface area (Å²) in [6, 6.07) is 12.0. The Hall–Kier alpha value is -1.55. The number of aryl methyl sites for hydroxylation is 2. The molecule has 1 atom stereocenters. The molecule has 5 heteroatoms. The number of thiazole rings is 1. The quantitative estimate of drug-likeness (QED) is 0.491. The third-order valence-corrected chi connectivity index (χ3v) is 6.17. The molecule has 0 amide bonds. The number of rotatable bonds is 3. The smallest absolute Gasteiger partial charge is 0.124 e. The van der Waals surface area contributed by atoms with Crippen LogP contribution in [0.15, 0.2) is 36.4 Å². The first-order valence-electron chi connectivity index (χ1n) is 8.20. The van der Waals surface area contributed by atoms with E-state index < -0.39 is 0 Å². The van der Waals surface area contributed by atoms with Crippen LogP contribution in [0.3, 0.4) is 0 Å². The average molecular weight is 390 g/mol. The Labute approximate surface area is 161 Å². The SMILES string of the molecule is Cc1nc(C)c(-c2ccc(OC3CCc4c(Cl)cc(Cl)cc43)cc2)s1. The van der Waals surface area contributed by atoms with E-state index in [1.165, 1.54) is 10.4 Å². The summed E-state index contributed by atoms with van der Waals surface area (Å²) in [4.78, 5) is 5.71. The van der Waals surface area contributed by atoms with Gasteiger partial charge in [-0.15, -0.1) is 11.3 Å². The fourth-order valence-corrected chi connectivity index (χ4v) is 4.90. The lowest BCUT2D eigenvalue weighted by Crippen LogP contribution is -2.03. The summed E-state index contributed by atoms with van der Waals surface area (Å²) >= 11 is 14.2. The van der Waals surface area contributed by atoms with Gasteiger partial charge < -0.3 is 4.74 Å². The molecule has 25 heavy (non-hydrogen) atoms. The maximum Gasteiger partial charge on any atom is 0.124 e. The first-order chi connectivity index (χ1) is 12.0. The molecule has 0 fully saturated rings. The van der Waals surface area contributed by atoms with Gasteiger partial charge in [-0.25, -0.2) is 4.98 Å². The molecule has 128 valence electrons. The highest BCUT2D eigenvalue weighted by molar-refractivity contribution is 7.15. The van der Waals surface area contributed by atoms with Crippen molar-refractivity contribution in [3.63, 3.8) is 0 Å². The Kier molecular flexibility index (Phi) is 4.48. The van der Waals surface area contributed by atoms with Gasteiger partial charge in [0.2, 0.25) is 0 Å². The lowest BCUT2D eigenvalue weighted by atomic mass is 10.1. The van der Waals surface area contributed by atoms with Crippen molar-refractivity contribution in [3.05, 3.63) is 68.3 Å². The van der Waals surface area contributed by atoms with Crippen LogP contribution in [0.4, 0.5) is 0 Å². The zero-order valence-electron chi connectivity index (χ0n) is 14.0. The highest BCUT2D eigenvalue weighted by Gasteiger charge is 2.26. The maximum atomic E-state index is 6.30. The molecule has 1 unspecified atom stereocenters. The van der Waals surface area contributed by atoms with Crippen molar-refractivity contribution in [1.29, 1.82) is 0 Å². The molecule has 0 aliphatic heterocycles. The van der Waals surface area contributed by atoms with E-state index in [9.17, 15) is 0 Å². The topological polar surface area (TPSA) is 22.1 Å². The fourth-order valence-electron chi connectivity index (χ4n) is 3.38. The number of hydrogen-bond donors (Lipinski definition) is 0. The zero-order chi connectivity index (χ0) is 17.6. The van der Waals surface area contributed by atoms with Gasteiger partial charge in [-0.1, -0.05) is 23.2 Å². The van der Waals surface area contributed by atoms with Crippen molar-refractivity contribution >= 4 is 34.5 Å². The molecule has 0 radical (unpaired) electrons. The summed E-state index contributed by atoms with van der Waals surface area (Å²) < 4.78 is 6.21. The summed E-state index contributed by atoms with van der Waals surface area (Å²) in [5, 5.41) is 2.48. The first-order valence-corrected chi connectivity index (χ1v) is 9.77. The Morgan fingerprint density at radius 1 is 1.12 bits per heavy atom. The van der Waals surface area contributed by atoms with Gasteiger partial charge in [0, 0.05) is 10.0 Å². The van der Waals surface area contributed by atoms with E-state index in [-0.39, 0.29) is 6.10 Å². The summed E-state index contributed by atoms with van der Waals surface area (Å²) in [6.07, 6.45) is 1.85. The highest BCUT2D eigenvalue weighted by atomic mass is 35.5. The van der Waals surface area contributed by atoms with E-state index in [4.69, 9.17) is 27.9 Å². The third-order valence-electron chi connectivity index (χ3n) is 4.50. The average Bonchev–Trinajstić information content (AvgIpc) is 3.11. The van der Waals surface area contributed by atoms with Gasteiger partial charge in [0.05, 0.1) is 15.6 Å². The maximum absolute atomic E-state index is 6.30. The van der Waals surface area contributed by atoms with Gasteiger partial charge in [0.15, 0.2) is 0 Å². The molecule has 4 rings (SSSR count). The van der Waals surface area contributed by atoms with Gasteiger partial charge in [-0.3, -0.25) is 0 Å². The standard InChI is InChI=1S/C20H17Cl2NOS/c1-11-20(25-12(2)23-11)13-3-5-15(6-4-13)24-19-8-7-16-17(19)9-14(21)10-18(16)22/h3-6,9-10,19H,7-8H2,1-2H3. The Balaban J connectivity index is 1.57. The minimum absolute atomic E-state index is 0.00411. The molecule has 0 N–H and O–H groups in total. The van der Waals surface area contributed by atoms with E-state index in [1.54, 1.807) is 17.4 Å². The van der Waals surface area contributed by atoms with Gasteiger partial charge >= 0.3 is 0 Å². The van der Waals surface area contributed by atoms with Gasteiger partial charge in [-0.2, -0.15) is 0 Å². The van der Waals surface area contributed by atoms with Gasteiger partial charge in [0.25, 0.3) is 0 Å². The number of aromatic nitrogens is 1. The van der Waals surface area contributed by atoms with Crippen molar-refractivity contribution in [2.75, 3.05) is 0 Å². The Morgan fingerprint density at radius 3 is 2.56 bits per heavy atom. The molecule has 0 saturated carbocycles. The summed E-state index contributed by atoms with van der Waals surface area (Å²) in [5.74, 6) is 0.858. The Bertz CT molecular complexity index is 934. The lowest BCUT2D eigenvalue weighted by molar-refractivity contribution is 0.207. The molecule has 1 aliphatic carbocycles. The molecule has 2 nitrogen and oxygen atoms in total. The molecule has 0 spiro atoms. The van der Waals surface area contributed by atoms with Crippen LogP contribution in [0.5, 0.6) is 5.75 Å². The predicted molar refractivity (Wildman–Crippen MR) is 105 cm³/mol. The predicted octanol–water partition coefficient (Wildman–Crippen LogP) is 6.80. The van der Waals surface area contributed by atoms with E-state index in [2.05, 4.69) is 17.1 Å². The monoisotopic (exact) mass is 389 g/mol. The van der Waals surface area contributed by atoms with Crippen molar-refractivity contribution in [3.8, 4) is 16.2 Å². The molecular formula is C20H17Cl2NOS. The summed E-state index contributed by atoms with van der Waals surface area (Å²) in [7, 11) is 0. The molecule has 1 heterocycles. The fraction of sp³-hybridized carbons (Fsp3) is 0.250. The second kappa shape index (κ2) is 6.64. The third kappa shape index (κ3) is 3.29. The van der Waals surface area contributed by atoms with Crippen LogP contribution in [0.2, 0.25) is 10.0 Å². The van der Waals surface area contributed by atoms with E-state index in [0.717, 1.165) is 45.4 Å². The van der Waals surface area contributed by atoms with Crippen molar-refractivity contribution in [2.45, 2.75) is 32.8 Å². The summed E-state index contributed by atoms with van der Waals surface area (Å²) in [6.45, 7) is 4.08. The number of halogens is 2. The van der Waals surface area contributed by atoms with Crippen LogP contribution in [0.1, 0.15) is 34.4 Å². The minimum Gasteiger partial charge on any atom is -0.486 e. The number of benzene rings is 2. The number of hydrogen-bond acceptors (Lipinski definition) is 3. The minimum atomic E-state index is 0.00411. The van der Waals surface area contributed by atoms with Crippen LogP contribution < -0.4 is 4.74 Å². The number of nitrogens with zero attached hydrogens (tertiary/aromatic N) is 1. The highest BCUT2D eigenvalue weighted by Crippen LogP contribution is 2.40. The van der Waals surface area contributed by atoms with Crippen LogP contribution in [0, 0.1) is 13.8 Å². The number of fused-ring (bicyclic) bond motifs is 1. The zero-order valence-corrected chi connectivity index (χ0v) is 16.3. The van der Waals surface area contributed by atoms with Gasteiger partial charge in [0.1, 0.15) is 11.9 Å². The van der Waals surface area contributed by atoms with Crippen LogP contribution >= 0.6 is 34.5 Å². The molecule has 2 aromatic carbocycles. The molecule has 1 aromatic heterocycles. The second-order valence-corrected chi connectivity index (χ2v) is 8.32. The van der Waals surface area contributed by atoms with Crippen molar-refractivity contribution in [1.82, 2.24) is 4.98 Å². The van der Waals surface area contributed by atoms with Crippen molar-refractivity contribution < 1.29 is 4.74 Å². The first kappa shape index (κ1) is 16.9. The number of ether oxygens (including phenoxy) is 1. The second-order valence-electron chi connectivity index (χ2n) is 6.27. The van der Waals surface area contributed by atoms with Crippen LogP contribution in [0.25, 0.3) is 10.4 Å². The van der Waals surface area contributed by atoms with Crippen LogP contribution in [-0.2, 0) is 6.42 Å². The lowest BCUT2D eigenvalue weighted by Gasteiger charge is -2.16. The molecule has 3 aromatic rings. The molecule has 0 saturated heterocycles. The van der Waals surface area contributed by atoms with Crippen LogP contribution in [-0.4, -0.2) is 4.98 Å². The van der Waals surface area contributed by atoms with Gasteiger partial charge in [-0.05, 0) is 79.8 Å². The molecule has 1 aliphatic rings.